The van der Waals surface area contributed by atoms with Gasteiger partial charge in [-0.1, -0.05) is 6.07 Å². The van der Waals surface area contributed by atoms with Crippen LogP contribution in [0.15, 0.2) is 59.6 Å². The van der Waals surface area contributed by atoms with Crippen molar-refractivity contribution in [3.63, 3.8) is 0 Å². The van der Waals surface area contributed by atoms with Crippen LogP contribution >= 0.6 is 0 Å². The normalized spacial score (nSPS) is 11.9. The first-order valence-corrected chi connectivity index (χ1v) is 10.5. The molecule has 0 aliphatic heterocycles. The van der Waals surface area contributed by atoms with Crippen molar-refractivity contribution in [1.29, 1.82) is 0 Å². The molecule has 2 N–H and O–H groups in total. The topological polar surface area (TPSA) is 93.1 Å². The molecule has 0 saturated carbocycles. The molecular weight excluding hydrogens is 433 g/mol. The molecule has 0 saturated heterocycles. The average molecular weight is 452 g/mol. The van der Waals surface area contributed by atoms with Gasteiger partial charge in [-0.05, 0) is 67.4 Å². The fourth-order valence-corrected chi connectivity index (χ4v) is 3.73. The second-order valence-electron chi connectivity index (χ2n) is 6.87. The Morgan fingerprint density at radius 1 is 1.00 bits per heavy atom. The van der Waals surface area contributed by atoms with E-state index in [1.807, 2.05) is 19.9 Å². The molecule has 0 fully saturated rings. The van der Waals surface area contributed by atoms with Crippen molar-refractivity contribution in [1.82, 2.24) is 9.78 Å². The van der Waals surface area contributed by atoms with Crippen LogP contribution in [-0.2, 0) is 27.5 Å². The van der Waals surface area contributed by atoms with Gasteiger partial charge in [-0.2, -0.15) is 18.3 Å². The second kappa shape index (κ2) is 8.42. The quantitative estimate of drug-likeness (QED) is 0.592. The largest absolute Gasteiger partial charge is 0.435 e. The van der Waals surface area contributed by atoms with Crippen molar-refractivity contribution in [3.05, 3.63) is 71.5 Å². The van der Waals surface area contributed by atoms with Crippen LogP contribution in [-0.4, -0.2) is 24.1 Å². The highest BCUT2D eigenvalue weighted by molar-refractivity contribution is 7.92. The number of carbonyl (C=O) groups is 1. The molecule has 0 radical (unpaired) electrons. The van der Waals surface area contributed by atoms with Crippen LogP contribution in [0.25, 0.3) is 0 Å². The summed E-state index contributed by atoms with van der Waals surface area (Å²) in [5.41, 5.74) is 1.60. The Bertz CT molecular complexity index is 1200. The summed E-state index contributed by atoms with van der Waals surface area (Å²) < 4.78 is 66.2. The SMILES string of the molecule is Cc1ccc(NS(=O)(=O)c2ccc(NC(=O)Cn3ccc(C(F)(F)F)n3)cc2)cc1C. The Kier molecular flexibility index (Phi) is 6.07. The highest BCUT2D eigenvalue weighted by Gasteiger charge is 2.33. The predicted octanol–water partition coefficient (Wildman–Crippen LogP) is 3.96. The number of nitrogens with zero attached hydrogens (tertiary/aromatic N) is 2. The number of alkyl halides is 3. The Morgan fingerprint density at radius 3 is 2.23 bits per heavy atom. The van der Waals surface area contributed by atoms with Gasteiger partial charge in [0.05, 0.1) is 4.90 Å². The average Bonchev–Trinajstić information content (AvgIpc) is 3.14. The number of aromatic nitrogens is 2. The highest BCUT2D eigenvalue weighted by atomic mass is 32.2. The summed E-state index contributed by atoms with van der Waals surface area (Å²) in [5.74, 6) is -0.610. The van der Waals surface area contributed by atoms with Crippen molar-refractivity contribution in [2.45, 2.75) is 31.5 Å². The Morgan fingerprint density at radius 2 is 1.65 bits per heavy atom. The summed E-state index contributed by atoms with van der Waals surface area (Å²) >= 11 is 0. The Balaban J connectivity index is 1.64. The van der Waals surface area contributed by atoms with Crippen molar-refractivity contribution in [3.8, 4) is 0 Å². The zero-order valence-electron chi connectivity index (χ0n) is 16.6. The van der Waals surface area contributed by atoms with Gasteiger partial charge in [-0.15, -0.1) is 0 Å². The number of hydrogen-bond donors (Lipinski definition) is 2. The summed E-state index contributed by atoms with van der Waals surface area (Å²) in [6, 6.07) is 11.4. The number of nitrogens with one attached hydrogen (secondary N) is 2. The van der Waals surface area contributed by atoms with E-state index in [-0.39, 0.29) is 4.90 Å². The van der Waals surface area contributed by atoms with Crippen LogP contribution < -0.4 is 10.0 Å². The number of sulfonamides is 1. The lowest BCUT2D eigenvalue weighted by Crippen LogP contribution is -2.20. The van der Waals surface area contributed by atoms with Gasteiger partial charge in [0.25, 0.3) is 10.0 Å². The first-order chi connectivity index (χ1) is 14.4. The molecule has 164 valence electrons. The summed E-state index contributed by atoms with van der Waals surface area (Å²) in [6.45, 7) is 3.37. The number of amides is 1. The van der Waals surface area contributed by atoms with Crippen molar-refractivity contribution in [2.24, 2.45) is 0 Å². The van der Waals surface area contributed by atoms with Crippen LogP contribution in [0.1, 0.15) is 16.8 Å². The van der Waals surface area contributed by atoms with Gasteiger partial charge >= 0.3 is 6.18 Å². The van der Waals surface area contributed by atoms with E-state index in [2.05, 4.69) is 15.1 Å². The van der Waals surface area contributed by atoms with Gasteiger partial charge < -0.3 is 5.32 Å². The number of anilines is 2. The highest BCUT2D eigenvalue weighted by Crippen LogP contribution is 2.27. The standard InChI is InChI=1S/C20H19F3N4O3S/c1-13-3-4-16(11-14(13)2)26-31(29,30)17-7-5-15(6-8-17)24-19(28)12-27-10-9-18(25-27)20(21,22)23/h3-11,26H,12H2,1-2H3,(H,24,28). The molecule has 7 nitrogen and oxygen atoms in total. The van der Waals surface area contributed by atoms with E-state index in [9.17, 15) is 26.4 Å². The second-order valence-corrected chi connectivity index (χ2v) is 8.56. The zero-order valence-corrected chi connectivity index (χ0v) is 17.4. The van der Waals surface area contributed by atoms with Crippen molar-refractivity contribution in [2.75, 3.05) is 10.0 Å². The number of rotatable bonds is 6. The van der Waals surface area contributed by atoms with Crippen LogP contribution in [0.3, 0.4) is 0 Å². The lowest BCUT2D eigenvalue weighted by atomic mass is 10.1. The lowest BCUT2D eigenvalue weighted by Gasteiger charge is -2.11. The third kappa shape index (κ3) is 5.63. The van der Waals surface area contributed by atoms with Gasteiger partial charge in [0.1, 0.15) is 6.54 Å². The summed E-state index contributed by atoms with van der Waals surface area (Å²) in [6.07, 6.45) is -3.54. The molecule has 1 aromatic heterocycles. The van der Waals surface area contributed by atoms with E-state index in [0.29, 0.717) is 11.4 Å². The molecule has 3 aromatic rings. The monoisotopic (exact) mass is 452 g/mol. The van der Waals surface area contributed by atoms with Gasteiger partial charge in [0, 0.05) is 17.6 Å². The van der Waals surface area contributed by atoms with Crippen molar-refractivity contribution < 1.29 is 26.4 Å². The first-order valence-electron chi connectivity index (χ1n) is 9.05. The van der Waals surface area contributed by atoms with E-state index < -0.39 is 34.3 Å². The van der Waals surface area contributed by atoms with Gasteiger partial charge in [0.15, 0.2) is 5.69 Å². The fraction of sp³-hybridized carbons (Fsp3) is 0.200. The maximum atomic E-state index is 12.6. The first kappa shape index (κ1) is 22.3. The summed E-state index contributed by atoms with van der Waals surface area (Å²) in [7, 11) is -3.83. The molecule has 0 bridgehead atoms. The molecule has 11 heteroatoms. The van der Waals surface area contributed by atoms with E-state index >= 15 is 0 Å². The molecule has 0 atom stereocenters. The number of carbonyl (C=O) groups excluding carboxylic acids is 1. The van der Waals surface area contributed by atoms with Crippen LogP contribution in [0.4, 0.5) is 24.5 Å². The van der Waals surface area contributed by atoms with Crippen LogP contribution in [0.5, 0.6) is 0 Å². The Hall–Kier alpha value is -3.34. The van der Waals surface area contributed by atoms with Crippen molar-refractivity contribution >= 4 is 27.3 Å². The minimum Gasteiger partial charge on any atom is -0.324 e. The van der Waals surface area contributed by atoms with E-state index in [0.717, 1.165) is 28.1 Å². The number of halogens is 3. The third-order valence-electron chi connectivity index (χ3n) is 4.44. The Labute approximate surface area is 176 Å². The maximum Gasteiger partial charge on any atom is 0.435 e. The number of benzene rings is 2. The molecule has 0 spiro atoms. The molecule has 1 heterocycles. The molecule has 0 aliphatic carbocycles. The molecule has 0 unspecified atom stereocenters. The predicted molar refractivity (Wildman–Crippen MR) is 109 cm³/mol. The number of hydrogen-bond acceptors (Lipinski definition) is 4. The van der Waals surface area contributed by atoms with Gasteiger partial charge in [0.2, 0.25) is 5.91 Å². The smallest absolute Gasteiger partial charge is 0.324 e. The summed E-state index contributed by atoms with van der Waals surface area (Å²) in [5, 5.41) is 5.79. The zero-order chi connectivity index (χ0) is 22.8. The molecule has 1 amide bonds. The maximum absolute atomic E-state index is 12.6. The summed E-state index contributed by atoms with van der Waals surface area (Å²) in [4.78, 5) is 12.0. The minimum absolute atomic E-state index is 0.00868. The van der Waals surface area contributed by atoms with Gasteiger partial charge in [-0.25, -0.2) is 8.42 Å². The fourth-order valence-electron chi connectivity index (χ4n) is 2.68. The third-order valence-corrected chi connectivity index (χ3v) is 5.84. The lowest BCUT2D eigenvalue weighted by molar-refractivity contribution is -0.141. The van der Waals surface area contributed by atoms with Crippen LogP contribution in [0, 0.1) is 13.8 Å². The molecule has 2 aromatic carbocycles. The molecule has 0 aliphatic rings. The molecular formula is C20H19F3N4O3S. The van der Waals surface area contributed by atoms with Crippen LogP contribution in [0.2, 0.25) is 0 Å². The minimum atomic E-state index is -4.59. The van der Waals surface area contributed by atoms with E-state index in [4.69, 9.17) is 0 Å². The number of aryl methyl sites for hydroxylation is 2. The van der Waals surface area contributed by atoms with Gasteiger partial charge in [-0.3, -0.25) is 14.2 Å². The molecule has 31 heavy (non-hydrogen) atoms. The van der Waals surface area contributed by atoms with E-state index in [1.54, 1.807) is 12.1 Å². The molecule has 3 rings (SSSR count). The van der Waals surface area contributed by atoms with E-state index in [1.165, 1.54) is 24.3 Å².